The molecule has 0 aliphatic rings. The Bertz CT molecular complexity index is 517. The van der Waals surface area contributed by atoms with Gasteiger partial charge in [-0.2, -0.15) is 0 Å². The average Bonchev–Trinajstić information content (AvgIpc) is 2.41. The molecule has 0 unspecified atom stereocenters. The lowest BCUT2D eigenvalue weighted by Gasteiger charge is -2.27. The van der Waals surface area contributed by atoms with Crippen LogP contribution in [0.5, 0.6) is 0 Å². The van der Waals surface area contributed by atoms with Crippen molar-refractivity contribution < 1.29 is 28.6 Å². The van der Waals surface area contributed by atoms with E-state index in [1.165, 1.54) is 4.90 Å². The summed E-state index contributed by atoms with van der Waals surface area (Å²) in [4.78, 5) is 36.7. The van der Waals surface area contributed by atoms with Crippen molar-refractivity contribution in [2.24, 2.45) is 0 Å². The van der Waals surface area contributed by atoms with E-state index in [4.69, 9.17) is 14.2 Å². The van der Waals surface area contributed by atoms with Crippen molar-refractivity contribution >= 4 is 18.2 Å². The second-order valence-corrected chi connectivity index (χ2v) is 7.81. The van der Waals surface area contributed by atoms with Crippen LogP contribution in [0.4, 0.5) is 9.59 Å². The van der Waals surface area contributed by atoms with Crippen LogP contribution in [-0.4, -0.2) is 60.5 Å². The second-order valence-electron chi connectivity index (χ2n) is 7.81. The Labute approximate surface area is 155 Å². The number of nitrogens with zero attached hydrogens (tertiary/aromatic N) is 1. The van der Waals surface area contributed by atoms with Gasteiger partial charge in [0.25, 0.3) is 0 Å². The summed E-state index contributed by atoms with van der Waals surface area (Å²) in [5, 5.41) is 2.57. The number of carbonyl (C=O) groups excluding carboxylic acids is 3. The number of nitrogens with one attached hydrogen (secondary N) is 1. The van der Waals surface area contributed by atoms with Crippen LogP contribution in [-0.2, 0) is 19.0 Å². The normalized spacial score (nSPS) is 11.3. The molecule has 0 atom stereocenters. The van der Waals surface area contributed by atoms with Gasteiger partial charge >= 0.3 is 18.2 Å². The molecule has 0 aromatic rings. The first kappa shape index (κ1) is 23.8. The van der Waals surface area contributed by atoms with E-state index in [2.05, 4.69) is 11.9 Å². The Hall–Kier alpha value is -2.25. The maximum atomic E-state index is 12.3. The van der Waals surface area contributed by atoms with Crippen molar-refractivity contribution in [2.45, 2.75) is 59.7 Å². The highest BCUT2D eigenvalue weighted by Gasteiger charge is 2.23. The van der Waals surface area contributed by atoms with Crippen LogP contribution in [0.15, 0.2) is 12.2 Å². The Kier molecular flexibility index (Phi) is 9.17. The summed E-state index contributed by atoms with van der Waals surface area (Å²) in [5.41, 5.74) is -0.992. The Morgan fingerprint density at radius 1 is 0.962 bits per heavy atom. The first-order chi connectivity index (χ1) is 11.7. The fourth-order valence-corrected chi connectivity index (χ4v) is 1.60. The van der Waals surface area contributed by atoms with Crippen molar-refractivity contribution in [2.75, 3.05) is 26.2 Å². The molecule has 0 rings (SSSR count). The summed E-state index contributed by atoms with van der Waals surface area (Å²) >= 11 is 0. The Morgan fingerprint density at radius 3 is 1.96 bits per heavy atom. The van der Waals surface area contributed by atoms with Crippen LogP contribution in [0.3, 0.4) is 0 Å². The molecular weight excluding hydrogens is 340 g/mol. The molecule has 1 N–H and O–H groups in total. The van der Waals surface area contributed by atoms with Crippen LogP contribution in [0.25, 0.3) is 0 Å². The summed E-state index contributed by atoms with van der Waals surface area (Å²) in [6.07, 6.45) is -1.13. The SMILES string of the molecule is C=C(C)C(=O)OCCN(CCNC(=O)OC(C)(C)C)C(=O)OC(C)(C)C. The third kappa shape index (κ3) is 12.2. The monoisotopic (exact) mass is 372 g/mol. The highest BCUT2D eigenvalue weighted by atomic mass is 16.6. The molecule has 0 aromatic heterocycles. The van der Waals surface area contributed by atoms with Gasteiger partial charge in [0.15, 0.2) is 0 Å². The minimum absolute atomic E-state index is 0.00261. The van der Waals surface area contributed by atoms with Crippen LogP contribution in [0.1, 0.15) is 48.5 Å². The summed E-state index contributed by atoms with van der Waals surface area (Å²) in [7, 11) is 0. The van der Waals surface area contributed by atoms with E-state index in [1.54, 1.807) is 48.5 Å². The number of hydrogen-bond acceptors (Lipinski definition) is 6. The van der Waals surface area contributed by atoms with E-state index in [0.29, 0.717) is 0 Å². The summed E-state index contributed by atoms with van der Waals surface area (Å²) in [5.74, 6) is -0.527. The number of carbonyl (C=O) groups is 3. The second kappa shape index (κ2) is 10.0. The molecule has 0 fully saturated rings. The number of alkyl carbamates (subject to hydrolysis) is 1. The first-order valence-corrected chi connectivity index (χ1v) is 8.48. The van der Waals surface area contributed by atoms with Gasteiger partial charge in [-0.3, -0.25) is 0 Å². The van der Waals surface area contributed by atoms with Crippen molar-refractivity contribution in [3.8, 4) is 0 Å². The van der Waals surface area contributed by atoms with Crippen LogP contribution in [0.2, 0.25) is 0 Å². The zero-order valence-electron chi connectivity index (χ0n) is 16.9. The molecule has 0 heterocycles. The molecule has 0 radical (unpaired) electrons. The van der Waals surface area contributed by atoms with E-state index in [0.717, 1.165) is 0 Å². The lowest BCUT2D eigenvalue weighted by Crippen LogP contribution is -2.43. The topological polar surface area (TPSA) is 94.2 Å². The van der Waals surface area contributed by atoms with Gasteiger partial charge in [0.1, 0.15) is 17.8 Å². The van der Waals surface area contributed by atoms with Crippen molar-refractivity contribution in [3.63, 3.8) is 0 Å². The lowest BCUT2D eigenvalue weighted by molar-refractivity contribution is -0.139. The summed E-state index contributed by atoms with van der Waals surface area (Å²) < 4.78 is 15.5. The lowest BCUT2D eigenvalue weighted by atomic mass is 10.2. The van der Waals surface area contributed by atoms with Gasteiger partial charge in [0, 0.05) is 18.7 Å². The molecule has 0 saturated heterocycles. The van der Waals surface area contributed by atoms with Gasteiger partial charge in [0.2, 0.25) is 0 Å². The fraction of sp³-hybridized carbons (Fsp3) is 0.722. The molecule has 0 aromatic carbocycles. The molecule has 0 bridgehead atoms. The van der Waals surface area contributed by atoms with Crippen molar-refractivity contribution in [1.82, 2.24) is 10.2 Å². The molecule has 0 saturated carbocycles. The van der Waals surface area contributed by atoms with E-state index < -0.39 is 29.4 Å². The third-order valence-electron chi connectivity index (χ3n) is 2.64. The third-order valence-corrected chi connectivity index (χ3v) is 2.64. The molecule has 2 amide bonds. The molecule has 0 aliphatic heterocycles. The van der Waals surface area contributed by atoms with Gasteiger partial charge in [-0.15, -0.1) is 0 Å². The Morgan fingerprint density at radius 2 is 1.50 bits per heavy atom. The van der Waals surface area contributed by atoms with Gasteiger partial charge in [-0.05, 0) is 48.5 Å². The van der Waals surface area contributed by atoms with Gasteiger partial charge in [0.05, 0.1) is 6.54 Å². The highest BCUT2D eigenvalue weighted by molar-refractivity contribution is 5.86. The predicted molar refractivity (Wildman–Crippen MR) is 97.8 cm³/mol. The van der Waals surface area contributed by atoms with Gasteiger partial charge in [-0.25, -0.2) is 14.4 Å². The Balaban J connectivity index is 4.62. The van der Waals surface area contributed by atoms with E-state index in [9.17, 15) is 14.4 Å². The quantitative estimate of drug-likeness (QED) is 0.419. The van der Waals surface area contributed by atoms with Gasteiger partial charge < -0.3 is 24.4 Å². The standard InChI is InChI=1S/C18H32N2O6/c1-13(2)14(21)24-12-11-20(16(23)26-18(6,7)8)10-9-19-15(22)25-17(3,4)5/h1,9-12H2,2-8H3,(H,19,22). The first-order valence-electron chi connectivity index (χ1n) is 8.48. The molecule has 150 valence electrons. The molecule has 0 aliphatic carbocycles. The minimum Gasteiger partial charge on any atom is -0.460 e. The van der Waals surface area contributed by atoms with Crippen molar-refractivity contribution in [3.05, 3.63) is 12.2 Å². The minimum atomic E-state index is -0.664. The summed E-state index contributed by atoms with van der Waals surface area (Å²) in [6, 6.07) is 0. The highest BCUT2D eigenvalue weighted by Crippen LogP contribution is 2.10. The molecular formula is C18H32N2O6. The zero-order chi connectivity index (χ0) is 20.5. The molecule has 8 heteroatoms. The number of ether oxygens (including phenoxy) is 3. The van der Waals surface area contributed by atoms with Crippen LogP contribution < -0.4 is 5.32 Å². The smallest absolute Gasteiger partial charge is 0.410 e. The zero-order valence-corrected chi connectivity index (χ0v) is 16.9. The number of esters is 1. The number of rotatable bonds is 7. The van der Waals surface area contributed by atoms with Crippen molar-refractivity contribution in [1.29, 1.82) is 0 Å². The predicted octanol–water partition coefficient (Wildman–Crippen LogP) is 2.87. The summed E-state index contributed by atoms with van der Waals surface area (Å²) in [6.45, 7) is 16.0. The van der Waals surface area contributed by atoms with E-state index in [1.807, 2.05) is 0 Å². The average molecular weight is 372 g/mol. The van der Waals surface area contributed by atoms with Crippen LogP contribution in [0, 0.1) is 0 Å². The van der Waals surface area contributed by atoms with Gasteiger partial charge in [-0.1, -0.05) is 6.58 Å². The number of amides is 2. The van der Waals surface area contributed by atoms with E-state index >= 15 is 0 Å². The van der Waals surface area contributed by atoms with Crippen LogP contribution >= 0.6 is 0 Å². The van der Waals surface area contributed by atoms with E-state index in [-0.39, 0.29) is 31.8 Å². The maximum absolute atomic E-state index is 12.3. The molecule has 0 spiro atoms. The fourth-order valence-electron chi connectivity index (χ4n) is 1.60. The number of hydrogen-bond donors (Lipinski definition) is 1. The molecule has 26 heavy (non-hydrogen) atoms. The maximum Gasteiger partial charge on any atom is 0.410 e. The largest absolute Gasteiger partial charge is 0.460 e. The molecule has 8 nitrogen and oxygen atoms in total.